The third kappa shape index (κ3) is 5.38. The standard InChI is InChI=1S/C27H26Cl2N4O3/c1-30-12-13-32(2)26(35)18-8-11-23-22(14-18)31-25(34)16-24(17-6-4-3-5-7-17)33(23)27(36)20-10-9-19(28)15-21(20)29/h3-11,14-15,24,30H,12-13,16H2,1-2H3,(H,31,34). The van der Waals surface area contributed by atoms with Crippen molar-refractivity contribution in [3.8, 4) is 0 Å². The summed E-state index contributed by atoms with van der Waals surface area (Å²) in [5.41, 5.74) is 2.31. The summed E-state index contributed by atoms with van der Waals surface area (Å²) in [6, 6.07) is 18.4. The molecule has 1 heterocycles. The van der Waals surface area contributed by atoms with Gasteiger partial charge in [-0.2, -0.15) is 0 Å². The van der Waals surface area contributed by atoms with E-state index in [0.29, 0.717) is 35.1 Å². The number of carbonyl (C=O) groups is 3. The van der Waals surface area contributed by atoms with Crippen molar-refractivity contribution in [2.75, 3.05) is 37.4 Å². The molecule has 0 bridgehead atoms. The number of nitrogens with zero attached hydrogens (tertiary/aromatic N) is 2. The molecular formula is C27H26Cl2N4O3. The topological polar surface area (TPSA) is 81.8 Å². The Bertz CT molecular complexity index is 1300. The third-order valence-electron chi connectivity index (χ3n) is 6.08. The van der Waals surface area contributed by atoms with Crippen molar-refractivity contribution in [1.29, 1.82) is 0 Å². The van der Waals surface area contributed by atoms with Crippen LogP contribution in [0, 0.1) is 0 Å². The van der Waals surface area contributed by atoms with Gasteiger partial charge in [-0.15, -0.1) is 0 Å². The number of likely N-dealkylation sites (N-methyl/N-ethyl adjacent to an activating group) is 2. The number of nitrogens with one attached hydrogen (secondary N) is 2. The van der Waals surface area contributed by atoms with Gasteiger partial charge >= 0.3 is 0 Å². The second kappa shape index (κ2) is 11.1. The fourth-order valence-corrected chi connectivity index (χ4v) is 4.69. The first-order valence-electron chi connectivity index (χ1n) is 11.5. The van der Waals surface area contributed by atoms with Gasteiger partial charge in [-0.05, 0) is 49.0 Å². The summed E-state index contributed by atoms with van der Waals surface area (Å²) in [4.78, 5) is 43.1. The van der Waals surface area contributed by atoms with Gasteiger partial charge in [-0.3, -0.25) is 19.3 Å². The van der Waals surface area contributed by atoms with E-state index in [1.807, 2.05) is 37.4 Å². The molecule has 0 saturated carbocycles. The van der Waals surface area contributed by atoms with Gasteiger partial charge < -0.3 is 15.5 Å². The highest BCUT2D eigenvalue weighted by molar-refractivity contribution is 6.37. The van der Waals surface area contributed by atoms with Crippen LogP contribution in [0.5, 0.6) is 0 Å². The Morgan fingerprint density at radius 1 is 1.08 bits per heavy atom. The minimum Gasteiger partial charge on any atom is -0.340 e. The van der Waals surface area contributed by atoms with Gasteiger partial charge in [-0.1, -0.05) is 53.5 Å². The first-order valence-corrected chi connectivity index (χ1v) is 12.2. The SMILES string of the molecule is CNCCN(C)C(=O)c1ccc2c(c1)NC(=O)CC(c1ccccc1)N2C(=O)c1ccc(Cl)cc1Cl. The van der Waals surface area contributed by atoms with E-state index in [0.717, 1.165) is 5.56 Å². The van der Waals surface area contributed by atoms with Crippen LogP contribution in [0.2, 0.25) is 10.0 Å². The lowest BCUT2D eigenvalue weighted by Crippen LogP contribution is -2.35. The molecule has 3 aromatic carbocycles. The van der Waals surface area contributed by atoms with E-state index in [4.69, 9.17) is 23.2 Å². The van der Waals surface area contributed by atoms with Crippen LogP contribution in [-0.2, 0) is 4.79 Å². The van der Waals surface area contributed by atoms with E-state index in [2.05, 4.69) is 10.6 Å². The molecule has 4 rings (SSSR count). The van der Waals surface area contributed by atoms with E-state index in [-0.39, 0.29) is 34.7 Å². The number of carbonyl (C=O) groups excluding carboxylic acids is 3. The van der Waals surface area contributed by atoms with Crippen molar-refractivity contribution in [1.82, 2.24) is 10.2 Å². The van der Waals surface area contributed by atoms with Crippen molar-refractivity contribution in [3.05, 3.63) is 93.5 Å². The molecule has 0 aromatic heterocycles. The van der Waals surface area contributed by atoms with Crippen LogP contribution >= 0.6 is 23.2 Å². The average Bonchev–Trinajstić information content (AvgIpc) is 3.02. The summed E-state index contributed by atoms with van der Waals surface area (Å²) in [6.07, 6.45) is 0.0288. The summed E-state index contributed by atoms with van der Waals surface area (Å²) >= 11 is 12.5. The molecule has 9 heteroatoms. The molecule has 36 heavy (non-hydrogen) atoms. The van der Waals surface area contributed by atoms with Crippen molar-refractivity contribution in [2.45, 2.75) is 12.5 Å². The van der Waals surface area contributed by atoms with Crippen molar-refractivity contribution in [3.63, 3.8) is 0 Å². The highest BCUT2D eigenvalue weighted by Gasteiger charge is 2.35. The maximum atomic E-state index is 14.0. The fraction of sp³-hybridized carbons (Fsp3) is 0.222. The van der Waals surface area contributed by atoms with Crippen LogP contribution in [-0.4, -0.2) is 49.8 Å². The molecule has 7 nitrogen and oxygen atoms in total. The maximum absolute atomic E-state index is 14.0. The summed E-state index contributed by atoms with van der Waals surface area (Å²) in [7, 11) is 3.53. The van der Waals surface area contributed by atoms with Gasteiger partial charge in [-0.25, -0.2) is 0 Å². The molecule has 186 valence electrons. The molecule has 0 saturated heterocycles. The van der Waals surface area contributed by atoms with Crippen LogP contribution in [0.1, 0.15) is 38.7 Å². The maximum Gasteiger partial charge on any atom is 0.260 e. The highest BCUT2D eigenvalue weighted by atomic mass is 35.5. The smallest absolute Gasteiger partial charge is 0.260 e. The first kappa shape index (κ1) is 25.7. The van der Waals surface area contributed by atoms with E-state index in [9.17, 15) is 14.4 Å². The quantitative estimate of drug-likeness (QED) is 0.474. The monoisotopic (exact) mass is 524 g/mol. The predicted molar refractivity (Wildman–Crippen MR) is 143 cm³/mol. The van der Waals surface area contributed by atoms with Crippen LogP contribution in [0.4, 0.5) is 11.4 Å². The number of fused-ring (bicyclic) bond motifs is 1. The van der Waals surface area contributed by atoms with Crippen LogP contribution < -0.4 is 15.5 Å². The zero-order valence-electron chi connectivity index (χ0n) is 19.9. The Hall–Kier alpha value is -3.39. The number of hydrogen-bond acceptors (Lipinski definition) is 4. The molecule has 1 unspecified atom stereocenters. The Balaban J connectivity index is 1.83. The van der Waals surface area contributed by atoms with Crippen LogP contribution in [0.25, 0.3) is 0 Å². The minimum absolute atomic E-state index is 0.0288. The molecule has 2 N–H and O–H groups in total. The zero-order chi connectivity index (χ0) is 25.8. The molecule has 1 aliphatic rings. The van der Waals surface area contributed by atoms with Crippen molar-refractivity contribution < 1.29 is 14.4 Å². The zero-order valence-corrected chi connectivity index (χ0v) is 21.4. The van der Waals surface area contributed by atoms with Crippen molar-refractivity contribution in [2.24, 2.45) is 0 Å². The molecule has 0 spiro atoms. The lowest BCUT2D eigenvalue weighted by Gasteiger charge is -2.31. The number of amides is 3. The summed E-state index contributed by atoms with van der Waals surface area (Å²) in [6.45, 7) is 1.17. The van der Waals surface area contributed by atoms with Gasteiger partial charge in [0.05, 0.1) is 34.4 Å². The minimum atomic E-state index is -0.591. The number of benzene rings is 3. The summed E-state index contributed by atoms with van der Waals surface area (Å²) in [5, 5.41) is 6.53. The van der Waals surface area contributed by atoms with E-state index in [1.165, 1.54) is 6.07 Å². The third-order valence-corrected chi connectivity index (χ3v) is 6.62. The van der Waals surface area contributed by atoms with Gasteiger partial charge in [0.2, 0.25) is 5.91 Å². The van der Waals surface area contributed by atoms with E-state index < -0.39 is 6.04 Å². The second-order valence-electron chi connectivity index (χ2n) is 8.54. The molecular weight excluding hydrogens is 499 g/mol. The fourth-order valence-electron chi connectivity index (χ4n) is 4.20. The largest absolute Gasteiger partial charge is 0.340 e. The Morgan fingerprint density at radius 3 is 2.53 bits per heavy atom. The lowest BCUT2D eigenvalue weighted by molar-refractivity contribution is -0.116. The molecule has 1 aliphatic heterocycles. The molecule has 1 atom stereocenters. The highest BCUT2D eigenvalue weighted by Crippen LogP contribution is 2.40. The summed E-state index contributed by atoms with van der Waals surface area (Å²) < 4.78 is 0. The van der Waals surface area contributed by atoms with Gasteiger partial charge in [0.15, 0.2) is 0 Å². The number of hydrogen-bond donors (Lipinski definition) is 2. The van der Waals surface area contributed by atoms with E-state index in [1.54, 1.807) is 47.2 Å². The normalized spacial score (nSPS) is 15.1. The molecule has 3 amide bonds. The number of anilines is 2. The number of rotatable bonds is 6. The van der Waals surface area contributed by atoms with E-state index >= 15 is 0 Å². The van der Waals surface area contributed by atoms with Gasteiger partial charge in [0, 0.05) is 30.7 Å². The van der Waals surface area contributed by atoms with Gasteiger partial charge in [0.1, 0.15) is 0 Å². The Morgan fingerprint density at radius 2 is 1.83 bits per heavy atom. The van der Waals surface area contributed by atoms with Crippen LogP contribution in [0.15, 0.2) is 66.7 Å². The molecule has 0 fully saturated rings. The molecule has 0 radical (unpaired) electrons. The van der Waals surface area contributed by atoms with Gasteiger partial charge in [0.25, 0.3) is 11.8 Å². The first-order chi connectivity index (χ1) is 17.3. The molecule has 0 aliphatic carbocycles. The Kier molecular flexibility index (Phi) is 7.94. The second-order valence-corrected chi connectivity index (χ2v) is 9.38. The summed E-state index contributed by atoms with van der Waals surface area (Å²) in [5.74, 6) is -0.839. The van der Waals surface area contributed by atoms with Crippen LogP contribution in [0.3, 0.4) is 0 Å². The average molecular weight is 525 g/mol. The Labute approximate surface area is 220 Å². The van der Waals surface area contributed by atoms with Crippen molar-refractivity contribution >= 4 is 52.3 Å². The molecule has 3 aromatic rings. The lowest BCUT2D eigenvalue weighted by atomic mass is 9.99. The predicted octanol–water partition coefficient (Wildman–Crippen LogP) is 5.02. The number of halogens is 2.